The number of hydrogen-bond donors (Lipinski definition) is 0. The standard InChI is InChI=1S/C11H13NO6/c1-11(2,3)18-17-10(13)16-9-6-4-8(5-7-9)12(14)15/h4-7H,1-3H3. The lowest BCUT2D eigenvalue weighted by Gasteiger charge is -2.15. The van der Waals surface area contributed by atoms with Gasteiger partial charge in [-0.1, -0.05) is 0 Å². The Morgan fingerprint density at radius 3 is 2.22 bits per heavy atom. The van der Waals surface area contributed by atoms with E-state index in [0.29, 0.717) is 0 Å². The van der Waals surface area contributed by atoms with Gasteiger partial charge in [0.1, 0.15) is 11.4 Å². The molecule has 0 aliphatic rings. The minimum Gasteiger partial charge on any atom is -0.393 e. The molecule has 1 aromatic rings. The van der Waals surface area contributed by atoms with Crippen molar-refractivity contribution in [1.82, 2.24) is 0 Å². The van der Waals surface area contributed by atoms with Crippen molar-refractivity contribution in [2.75, 3.05) is 0 Å². The lowest BCUT2D eigenvalue weighted by molar-refractivity contribution is -0.384. The van der Waals surface area contributed by atoms with Gasteiger partial charge in [-0.25, -0.2) is 4.79 Å². The molecule has 0 bridgehead atoms. The SMILES string of the molecule is CC(C)(C)OOC(=O)Oc1ccc([N+](=O)[O-])cc1. The molecule has 0 saturated heterocycles. The summed E-state index contributed by atoms with van der Waals surface area (Å²) < 4.78 is 4.74. The van der Waals surface area contributed by atoms with E-state index >= 15 is 0 Å². The molecule has 0 atom stereocenters. The van der Waals surface area contributed by atoms with E-state index in [4.69, 9.17) is 9.62 Å². The number of hydrogen-bond acceptors (Lipinski definition) is 6. The minimum absolute atomic E-state index is 0.0957. The number of nitro groups is 1. The number of carbonyl (C=O) groups is 1. The van der Waals surface area contributed by atoms with E-state index in [-0.39, 0.29) is 11.4 Å². The van der Waals surface area contributed by atoms with Crippen LogP contribution in [-0.2, 0) is 9.78 Å². The van der Waals surface area contributed by atoms with Gasteiger partial charge in [0, 0.05) is 12.1 Å². The topological polar surface area (TPSA) is 87.9 Å². The molecule has 0 aromatic heterocycles. The zero-order chi connectivity index (χ0) is 13.8. The number of nitro benzene ring substituents is 1. The predicted octanol–water partition coefficient (Wildman–Crippen LogP) is 2.84. The second kappa shape index (κ2) is 5.46. The normalized spacial score (nSPS) is 10.8. The molecule has 1 rings (SSSR count). The quantitative estimate of drug-likeness (QED) is 0.271. The van der Waals surface area contributed by atoms with Crippen LogP contribution in [0.1, 0.15) is 20.8 Å². The lowest BCUT2D eigenvalue weighted by atomic mass is 10.2. The number of carbonyl (C=O) groups excluding carboxylic acids is 1. The first kappa shape index (κ1) is 13.9. The van der Waals surface area contributed by atoms with E-state index in [1.807, 2.05) is 0 Å². The molecular weight excluding hydrogens is 242 g/mol. The largest absolute Gasteiger partial charge is 0.546 e. The third-order valence-corrected chi connectivity index (χ3v) is 1.61. The molecule has 0 heterocycles. The van der Waals surface area contributed by atoms with Crippen LogP contribution in [0, 0.1) is 10.1 Å². The van der Waals surface area contributed by atoms with Crippen LogP contribution in [0.3, 0.4) is 0 Å². The molecule has 0 aliphatic heterocycles. The van der Waals surface area contributed by atoms with Crippen molar-refractivity contribution in [1.29, 1.82) is 0 Å². The number of non-ortho nitro benzene ring substituents is 1. The van der Waals surface area contributed by atoms with E-state index in [0.717, 1.165) is 0 Å². The van der Waals surface area contributed by atoms with Gasteiger partial charge in [0.2, 0.25) is 0 Å². The molecule has 98 valence electrons. The zero-order valence-corrected chi connectivity index (χ0v) is 10.2. The molecule has 18 heavy (non-hydrogen) atoms. The predicted molar refractivity (Wildman–Crippen MR) is 61.0 cm³/mol. The van der Waals surface area contributed by atoms with Gasteiger partial charge in [-0.3, -0.25) is 15.0 Å². The summed E-state index contributed by atoms with van der Waals surface area (Å²) in [5.41, 5.74) is -0.740. The molecule has 0 spiro atoms. The van der Waals surface area contributed by atoms with Crippen molar-refractivity contribution in [3.8, 4) is 5.75 Å². The van der Waals surface area contributed by atoms with Gasteiger partial charge < -0.3 is 4.74 Å². The van der Waals surface area contributed by atoms with Crippen molar-refractivity contribution < 1.29 is 24.2 Å². The van der Waals surface area contributed by atoms with Crippen LogP contribution >= 0.6 is 0 Å². The highest BCUT2D eigenvalue weighted by Gasteiger charge is 2.17. The van der Waals surface area contributed by atoms with Crippen molar-refractivity contribution >= 4 is 11.8 Å². The maximum Gasteiger partial charge on any atom is 0.546 e. The molecule has 0 unspecified atom stereocenters. The van der Waals surface area contributed by atoms with Gasteiger partial charge in [0.25, 0.3) is 5.69 Å². The first-order chi connectivity index (χ1) is 8.28. The van der Waals surface area contributed by atoms with Gasteiger partial charge in [0.15, 0.2) is 0 Å². The Kier molecular flexibility index (Phi) is 4.22. The zero-order valence-electron chi connectivity index (χ0n) is 10.2. The average molecular weight is 255 g/mol. The van der Waals surface area contributed by atoms with E-state index in [9.17, 15) is 14.9 Å². The number of benzene rings is 1. The smallest absolute Gasteiger partial charge is 0.393 e. The van der Waals surface area contributed by atoms with Gasteiger partial charge >= 0.3 is 6.16 Å². The summed E-state index contributed by atoms with van der Waals surface area (Å²) in [6.07, 6.45) is -1.04. The van der Waals surface area contributed by atoms with Crippen LogP contribution in [0.5, 0.6) is 5.75 Å². The summed E-state index contributed by atoms with van der Waals surface area (Å²) >= 11 is 0. The summed E-state index contributed by atoms with van der Waals surface area (Å²) in [6, 6.07) is 5.01. The van der Waals surface area contributed by atoms with Crippen LogP contribution in [-0.4, -0.2) is 16.7 Å². The highest BCUT2D eigenvalue weighted by molar-refractivity contribution is 5.63. The fourth-order valence-electron chi connectivity index (χ4n) is 0.908. The van der Waals surface area contributed by atoms with Crippen LogP contribution in [0.2, 0.25) is 0 Å². The van der Waals surface area contributed by atoms with E-state index < -0.39 is 16.7 Å². The summed E-state index contributed by atoms with van der Waals surface area (Å²) in [4.78, 5) is 30.2. The Labute approximate surface area is 103 Å². The maximum atomic E-state index is 11.2. The van der Waals surface area contributed by atoms with E-state index in [1.54, 1.807) is 20.8 Å². The maximum absolute atomic E-state index is 11.2. The summed E-state index contributed by atoms with van der Waals surface area (Å²) in [7, 11) is 0. The molecular formula is C11H13NO6. The first-order valence-electron chi connectivity index (χ1n) is 5.10. The van der Waals surface area contributed by atoms with Crippen molar-refractivity contribution in [3.05, 3.63) is 34.4 Å². The Bertz CT molecular complexity index is 434. The number of rotatable bonds is 3. The second-order valence-electron chi connectivity index (χ2n) is 4.38. The van der Waals surface area contributed by atoms with Gasteiger partial charge in [-0.05, 0) is 32.9 Å². The molecule has 1 aromatic carbocycles. The Balaban J connectivity index is 2.52. The third kappa shape index (κ3) is 4.79. The van der Waals surface area contributed by atoms with Gasteiger partial charge in [-0.2, -0.15) is 4.89 Å². The van der Waals surface area contributed by atoms with Gasteiger partial charge in [-0.15, -0.1) is 0 Å². The number of nitrogens with zero attached hydrogens (tertiary/aromatic N) is 1. The van der Waals surface area contributed by atoms with Crippen LogP contribution in [0.15, 0.2) is 24.3 Å². The molecule has 7 nitrogen and oxygen atoms in total. The highest BCUT2D eigenvalue weighted by atomic mass is 17.2. The summed E-state index contributed by atoms with van der Waals surface area (Å²) in [5, 5.41) is 10.4. The molecule has 0 amide bonds. The minimum atomic E-state index is -1.04. The highest BCUT2D eigenvalue weighted by Crippen LogP contribution is 2.18. The lowest BCUT2D eigenvalue weighted by Crippen LogP contribution is -2.23. The fourth-order valence-corrected chi connectivity index (χ4v) is 0.908. The average Bonchev–Trinajstić information content (AvgIpc) is 2.26. The van der Waals surface area contributed by atoms with Crippen LogP contribution in [0.25, 0.3) is 0 Å². The summed E-state index contributed by atoms with van der Waals surface area (Å²) in [5.74, 6) is 0.128. The molecule has 0 radical (unpaired) electrons. The van der Waals surface area contributed by atoms with Crippen LogP contribution < -0.4 is 4.74 Å². The monoisotopic (exact) mass is 255 g/mol. The van der Waals surface area contributed by atoms with Crippen molar-refractivity contribution in [3.63, 3.8) is 0 Å². The Morgan fingerprint density at radius 2 is 1.78 bits per heavy atom. The first-order valence-corrected chi connectivity index (χ1v) is 5.10. The second-order valence-corrected chi connectivity index (χ2v) is 4.38. The van der Waals surface area contributed by atoms with Crippen molar-refractivity contribution in [2.45, 2.75) is 26.4 Å². The Morgan fingerprint density at radius 1 is 1.22 bits per heavy atom. The van der Waals surface area contributed by atoms with Crippen molar-refractivity contribution in [2.24, 2.45) is 0 Å². The molecule has 0 aliphatic carbocycles. The fraction of sp³-hybridized carbons (Fsp3) is 0.364. The van der Waals surface area contributed by atoms with E-state index in [1.165, 1.54) is 24.3 Å². The van der Waals surface area contributed by atoms with Crippen LogP contribution in [0.4, 0.5) is 10.5 Å². The number of ether oxygens (including phenoxy) is 1. The summed E-state index contributed by atoms with van der Waals surface area (Å²) in [6.45, 7) is 5.10. The third-order valence-electron chi connectivity index (χ3n) is 1.61. The molecule has 0 saturated carbocycles. The van der Waals surface area contributed by atoms with Gasteiger partial charge in [0.05, 0.1) is 4.92 Å². The molecule has 0 N–H and O–H groups in total. The molecule has 0 fully saturated rings. The van der Waals surface area contributed by atoms with E-state index in [2.05, 4.69) is 4.89 Å². The molecule has 7 heteroatoms. The Hall–Kier alpha value is -2.15.